The molecule has 0 radical (unpaired) electrons. The maximum absolute atomic E-state index is 12.3. The van der Waals surface area contributed by atoms with Gasteiger partial charge in [0.05, 0.1) is 0 Å². The van der Waals surface area contributed by atoms with Crippen LogP contribution >= 0.6 is 0 Å². The molecule has 0 bridgehead atoms. The van der Waals surface area contributed by atoms with E-state index in [2.05, 4.69) is 65.1 Å². The van der Waals surface area contributed by atoms with Gasteiger partial charge in [-0.1, -0.05) is 81.9 Å². The Morgan fingerprint density at radius 3 is 2.48 bits per heavy atom. The van der Waals surface area contributed by atoms with Gasteiger partial charge in [-0.05, 0) is 52.5 Å². The van der Waals surface area contributed by atoms with Crippen LogP contribution in [0, 0.1) is 0 Å². The second-order valence-corrected chi connectivity index (χ2v) is 11.5. The molecule has 0 aromatic heterocycles. The molecular formula is C24H31NOSi. The number of fused-ring (bicyclic) bond motifs is 1. The van der Waals surface area contributed by atoms with Crippen LogP contribution < -0.4 is 5.73 Å². The average Bonchev–Trinajstić information content (AvgIpc) is 3.02. The fraction of sp³-hybridized carbons (Fsp3) is 0.417. The van der Waals surface area contributed by atoms with Gasteiger partial charge < -0.3 is 5.73 Å². The van der Waals surface area contributed by atoms with Crippen molar-refractivity contribution in [2.45, 2.75) is 65.5 Å². The van der Waals surface area contributed by atoms with Gasteiger partial charge in [-0.25, -0.2) is 0 Å². The summed E-state index contributed by atoms with van der Waals surface area (Å²) in [5.74, 6) is -0.321. The molecule has 1 aromatic carbocycles. The van der Waals surface area contributed by atoms with Crippen molar-refractivity contribution >= 4 is 31.1 Å². The van der Waals surface area contributed by atoms with Crippen molar-refractivity contribution in [2.24, 2.45) is 5.73 Å². The van der Waals surface area contributed by atoms with Crippen LogP contribution in [0.4, 0.5) is 0 Å². The lowest BCUT2D eigenvalue weighted by Crippen LogP contribution is -2.24. The molecule has 27 heavy (non-hydrogen) atoms. The second-order valence-electron chi connectivity index (χ2n) is 8.91. The number of allylic oxidation sites excluding steroid dienone is 3. The molecular weight excluding hydrogens is 346 g/mol. The molecule has 0 unspecified atom stereocenters. The van der Waals surface area contributed by atoms with E-state index >= 15 is 0 Å². The van der Waals surface area contributed by atoms with Gasteiger partial charge in [-0.3, -0.25) is 4.79 Å². The SMILES string of the molecule is CCC1=Cc2cc(C(C)(C)C)cc(C3=C(C(N)=O)C=CCC3=[Si](C)C)c2C1. The number of hydrogen-bond donors (Lipinski definition) is 1. The van der Waals surface area contributed by atoms with Crippen molar-refractivity contribution in [1.29, 1.82) is 0 Å². The van der Waals surface area contributed by atoms with Crippen molar-refractivity contribution in [3.8, 4) is 0 Å². The highest BCUT2D eigenvalue weighted by Gasteiger charge is 2.27. The first-order valence-corrected chi connectivity index (χ1v) is 12.4. The van der Waals surface area contributed by atoms with Crippen LogP contribution in [0.3, 0.4) is 0 Å². The molecule has 0 atom stereocenters. The minimum Gasteiger partial charge on any atom is -0.366 e. The van der Waals surface area contributed by atoms with Gasteiger partial charge in [-0.15, -0.1) is 0 Å². The van der Waals surface area contributed by atoms with E-state index in [-0.39, 0.29) is 11.3 Å². The molecule has 3 heteroatoms. The Balaban J connectivity index is 2.37. The number of rotatable bonds is 3. The normalized spacial score (nSPS) is 16.5. The predicted octanol–water partition coefficient (Wildman–Crippen LogP) is 5.04. The average molecular weight is 378 g/mol. The Labute approximate surface area is 165 Å². The summed E-state index contributed by atoms with van der Waals surface area (Å²) in [4.78, 5) is 12.3. The van der Waals surface area contributed by atoms with Gasteiger partial charge in [0.1, 0.15) is 0 Å². The van der Waals surface area contributed by atoms with Crippen LogP contribution in [0.25, 0.3) is 11.6 Å². The summed E-state index contributed by atoms with van der Waals surface area (Å²) in [5, 5.41) is 1.41. The van der Waals surface area contributed by atoms with Crippen LogP contribution in [0.1, 0.15) is 62.8 Å². The number of nitrogens with two attached hydrogens (primary N) is 1. The van der Waals surface area contributed by atoms with Crippen molar-refractivity contribution in [3.05, 3.63) is 57.7 Å². The molecule has 2 aliphatic rings. The smallest absolute Gasteiger partial charge is 0.249 e. The van der Waals surface area contributed by atoms with Crippen LogP contribution in [-0.2, 0) is 16.6 Å². The summed E-state index contributed by atoms with van der Waals surface area (Å²) in [6, 6.07) is 4.67. The van der Waals surface area contributed by atoms with Gasteiger partial charge in [0.25, 0.3) is 0 Å². The minimum atomic E-state index is -0.697. The maximum atomic E-state index is 12.3. The van der Waals surface area contributed by atoms with Gasteiger partial charge >= 0.3 is 0 Å². The summed E-state index contributed by atoms with van der Waals surface area (Å²) >= 11 is 0. The van der Waals surface area contributed by atoms with Crippen LogP contribution in [0.15, 0.2) is 35.4 Å². The van der Waals surface area contributed by atoms with E-state index in [0.29, 0.717) is 5.57 Å². The summed E-state index contributed by atoms with van der Waals surface area (Å²) in [5.41, 5.74) is 14.4. The highest BCUT2D eigenvalue weighted by atomic mass is 28.2. The van der Waals surface area contributed by atoms with Crippen LogP contribution in [-0.4, -0.2) is 19.5 Å². The highest BCUT2D eigenvalue weighted by Crippen LogP contribution is 2.39. The van der Waals surface area contributed by atoms with Crippen molar-refractivity contribution in [1.82, 2.24) is 0 Å². The molecule has 0 aliphatic heterocycles. The third kappa shape index (κ3) is 3.70. The Bertz CT molecular complexity index is 932. The zero-order valence-corrected chi connectivity index (χ0v) is 18.5. The summed E-state index contributed by atoms with van der Waals surface area (Å²) in [6.07, 6.45) is 9.35. The molecule has 2 N–H and O–H groups in total. The fourth-order valence-corrected chi connectivity index (χ4v) is 5.31. The first-order chi connectivity index (χ1) is 12.6. The monoisotopic (exact) mass is 377 g/mol. The fourth-order valence-electron chi connectivity index (χ4n) is 4.01. The molecule has 2 aliphatic carbocycles. The molecule has 142 valence electrons. The third-order valence-electron chi connectivity index (χ3n) is 5.68. The maximum Gasteiger partial charge on any atom is 0.249 e. The Hall–Kier alpha value is -2.00. The Kier molecular flexibility index (Phi) is 5.26. The van der Waals surface area contributed by atoms with E-state index in [4.69, 9.17) is 5.73 Å². The molecule has 0 fully saturated rings. The number of benzene rings is 1. The summed E-state index contributed by atoms with van der Waals surface area (Å²) < 4.78 is 0. The molecule has 1 aromatic rings. The van der Waals surface area contributed by atoms with Gasteiger partial charge in [-0.2, -0.15) is 0 Å². The Morgan fingerprint density at radius 2 is 1.93 bits per heavy atom. The van der Waals surface area contributed by atoms with Gasteiger partial charge in [0, 0.05) is 14.0 Å². The first-order valence-electron chi connectivity index (χ1n) is 9.88. The second kappa shape index (κ2) is 7.20. The van der Waals surface area contributed by atoms with E-state index in [1.54, 1.807) is 0 Å². The zero-order chi connectivity index (χ0) is 19.9. The van der Waals surface area contributed by atoms with E-state index in [1.165, 1.54) is 33.0 Å². The zero-order valence-electron chi connectivity index (χ0n) is 17.5. The number of hydrogen-bond acceptors (Lipinski definition) is 1. The first kappa shape index (κ1) is 19.8. The molecule has 0 spiro atoms. The van der Waals surface area contributed by atoms with E-state index in [9.17, 15) is 4.79 Å². The lowest BCUT2D eigenvalue weighted by Gasteiger charge is -2.26. The lowest BCUT2D eigenvalue weighted by molar-refractivity contribution is -0.114. The molecule has 2 nitrogen and oxygen atoms in total. The number of carbonyl (C=O) groups excluding carboxylic acids is 1. The topological polar surface area (TPSA) is 43.1 Å². The largest absolute Gasteiger partial charge is 0.366 e. The quantitative estimate of drug-likeness (QED) is 0.737. The summed E-state index contributed by atoms with van der Waals surface area (Å²) in [6.45, 7) is 13.6. The minimum absolute atomic E-state index is 0.0525. The predicted molar refractivity (Wildman–Crippen MR) is 119 cm³/mol. The molecule has 3 rings (SSSR count). The van der Waals surface area contributed by atoms with E-state index < -0.39 is 8.41 Å². The number of amides is 1. The van der Waals surface area contributed by atoms with Crippen LogP contribution in [0.2, 0.25) is 13.1 Å². The molecule has 0 saturated carbocycles. The molecule has 0 heterocycles. The van der Waals surface area contributed by atoms with E-state index in [1.807, 2.05) is 6.08 Å². The highest BCUT2D eigenvalue weighted by molar-refractivity contribution is 6.77. The van der Waals surface area contributed by atoms with Crippen molar-refractivity contribution in [2.75, 3.05) is 0 Å². The lowest BCUT2D eigenvalue weighted by atomic mass is 9.80. The van der Waals surface area contributed by atoms with Crippen molar-refractivity contribution < 1.29 is 4.79 Å². The van der Waals surface area contributed by atoms with E-state index in [0.717, 1.165) is 24.8 Å². The van der Waals surface area contributed by atoms with Gasteiger partial charge in [0.15, 0.2) is 0 Å². The van der Waals surface area contributed by atoms with Crippen molar-refractivity contribution in [3.63, 3.8) is 0 Å². The Morgan fingerprint density at radius 1 is 1.22 bits per heavy atom. The number of carbonyl (C=O) groups is 1. The van der Waals surface area contributed by atoms with Gasteiger partial charge in [0.2, 0.25) is 5.91 Å². The third-order valence-corrected chi connectivity index (χ3v) is 7.35. The standard InChI is InChI=1S/C24H31NOSi/c1-7-15-11-16-13-17(24(2,3)4)14-20(19(16)12-15)22-18(23(25)26)9-8-10-21(22)27(5)6/h8-9,11,13-14H,7,10,12H2,1-6H3,(H2,25,26). The molecule has 0 saturated heterocycles. The van der Waals surface area contributed by atoms with Crippen LogP contribution in [0.5, 0.6) is 0 Å². The molecule has 1 amide bonds. The summed E-state index contributed by atoms with van der Waals surface area (Å²) in [7, 11) is -0.697. The number of primary amides is 1.